The molecule has 0 fully saturated rings. The molecular formula is C9H12F2N2O2S. The summed E-state index contributed by atoms with van der Waals surface area (Å²) >= 11 is 0. The van der Waals surface area contributed by atoms with E-state index in [4.69, 9.17) is 5.73 Å². The molecule has 0 aliphatic heterocycles. The topological polar surface area (TPSA) is 72.2 Å². The standard InChI is InChI=1S/C9H12F2N2O2S/c10-9(11)6-13-16(14,15)8-4-2-1-3-7(8)5-12/h1-4,9,13H,5-6,12H2. The number of hydrogen-bond acceptors (Lipinski definition) is 3. The van der Waals surface area contributed by atoms with Crippen LogP contribution < -0.4 is 10.5 Å². The highest BCUT2D eigenvalue weighted by Crippen LogP contribution is 2.14. The van der Waals surface area contributed by atoms with Crippen LogP contribution in [0.4, 0.5) is 8.78 Å². The number of rotatable bonds is 5. The maximum atomic E-state index is 11.9. The number of sulfonamides is 1. The molecule has 1 rings (SSSR count). The molecule has 90 valence electrons. The Morgan fingerprint density at radius 2 is 1.94 bits per heavy atom. The van der Waals surface area contributed by atoms with Gasteiger partial charge in [-0.1, -0.05) is 18.2 Å². The first-order valence-electron chi connectivity index (χ1n) is 4.53. The van der Waals surface area contributed by atoms with Crippen LogP contribution in [0.25, 0.3) is 0 Å². The van der Waals surface area contributed by atoms with E-state index in [0.29, 0.717) is 5.56 Å². The van der Waals surface area contributed by atoms with Crippen LogP contribution in [0.3, 0.4) is 0 Å². The largest absolute Gasteiger partial charge is 0.326 e. The minimum atomic E-state index is -3.91. The summed E-state index contributed by atoms with van der Waals surface area (Å²) in [7, 11) is -3.91. The zero-order chi connectivity index (χ0) is 12.2. The fourth-order valence-electron chi connectivity index (χ4n) is 1.19. The molecule has 0 aliphatic carbocycles. The van der Waals surface area contributed by atoms with Crippen molar-refractivity contribution >= 4 is 10.0 Å². The predicted molar refractivity (Wildman–Crippen MR) is 55.5 cm³/mol. The van der Waals surface area contributed by atoms with Gasteiger partial charge >= 0.3 is 0 Å². The number of benzene rings is 1. The number of halogens is 2. The number of nitrogens with two attached hydrogens (primary N) is 1. The Morgan fingerprint density at radius 3 is 2.50 bits per heavy atom. The van der Waals surface area contributed by atoms with Crippen molar-refractivity contribution < 1.29 is 17.2 Å². The molecule has 0 aliphatic rings. The van der Waals surface area contributed by atoms with E-state index in [1.165, 1.54) is 18.2 Å². The minimum Gasteiger partial charge on any atom is -0.326 e. The van der Waals surface area contributed by atoms with Crippen LogP contribution in [0.5, 0.6) is 0 Å². The van der Waals surface area contributed by atoms with Gasteiger partial charge < -0.3 is 5.73 Å². The third-order valence-electron chi connectivity index (χ3n) is 1.91. The first kappa shape index (κ1) is 13.0. The lowest BCUT2D eigenvalue weighted by molar-refractivity contribution is 0.153. The van der Waals surface area contributed by atoms with E-state index in [9.17, 15) is 17.2 Å². The van der Waals surface area contributed by atoms with Gasteiger partial charge in [0.05, 0.1) is 11.4 Å². The molecular weight excluding hydrogens is 238 g/mol. The zero-order valence-electron chi connectivity index (χ0n) is 8.36. The normalized spacial score (nSPS) is 12.0. The summed E-state index contributed by atoms with van der Waals surface area (Å²) in [5, 5.41) is 0. The van der Waals surface area contributed by atoms with Crippen LogP contribution in [-0.2, 0) is 16.6 Å². The van der Waals surface area contributed by atoms with Crippen LogP contribution in [0.2, 0.25) is 0 Å². The molecule has 1 aromatic rings. The summed E-state index contributed by atoms with van der Waals surface area (Å²) in [5.74, 6) is 0. The van der Waals surface area contributed by atoms with Gasteiger partial charge in [-0.15, -0.1) is 0 Å². The van der Waals surface area contributed by atoms with Crippen molar-refractivity contribution in [2.24, 2.45) is 5.73 Å². The molecule has 1 aromatic carbocycles. The van der Waals surface area contributed by atoms with Crippen LogP contribution >= 0.6 is 0 Å². The quantitative estimate of drug-likeness (QED) is 0.807. The van der Waals surface area contributed by atoms with Gasteiger partial charge in [0.2, 0.25) is 10.0 Å². The molecule has 0 saturated heterocycles. The maximum Gasteiger partial charge on any atom is 0.251 e. The van der Waals surface area contributed by atoms with Crippen LogP contribution in [0.15, 0.2) is 29.2 Å². The van der Waals surface area contributed by atoms with Gasteiger partial charge in [0.15, 0.2) is 0 Å². The molecule has 0 bridgehead atoms. The van der Waals surface area contributed by atoms with Crippen molar-refractivity contribution in [3.63, 3.8) is 0 Å². The lowest BCUT2D eigenvalue weighted by Crippen LogP contribution is -2.29. The molecule has 0 radical (unpaired) electrons. The van der Waals surface area contributed by atoms with E-state index >= 15 is 0 Å². The first-order chi connectivity index (χ1) is 7.47. The molecule has 0 atom stereocenters. The van der Waals surface area contributed by atoms with Crippen molar-refractivity contribution in [2.75, 3.05) is 6.54 Å². The Morgan fingerprint density at radius 1 is 1.31 bits per heavy atom. The van der Waals surface area contributed by atoms with Crippen molar-refractivity contribution in [1.82, 2.24) is 4.72 Å². The number of hydrogen-bond donors (Lipinski definition) is 2. The fourth-order valence-corrected chi connectivity index (χ4v) is 2.44. The highest BCUT2D eigenvalue weighted by molar-refractivity contribution is 7.89. The number of alkyl halides is 2. The third kappa shape index (κ3) is 3.22. The second-order valence-electron chi connectivity index (χ2n) is 3.05. The molecule has 0 aromatic heterocycles. The second-order valence-corrected chi connectivity index (χ2v) is 4.79. The third-order valence-corrected chi connectivity index (χ3v) is 3.43. The lowest BCUT2D eigenvalue weighted by Gasteiger charge is -2.09. The molecule has 3 N–H and O–H groups in total. The lowest BCUT2D eigenvalue weighted by atomic mass is 10.2. The van der Waals surface area contributed by atoms with E-state index in [-0.39, 0.29) is 11.4 Å². The van der Waals surface area contributed by atoms with Gasteiger partial charge in [0.25, 0.3) is 6.43 Å². The van der Waals surface area contributed by atoms with Crippen molar-refractivity contribution in [3.8, 4) is 0 Å². The Kier molecular flexibility index (Phi) is 4.34. The average molecular weight is 250 g/mol. The van der Waals surface area contributed by atoms with Gasteiger partial charge in [0.1, 0.15) is 0 Å². The summed E-state index contributed by atoms with van der Waals surface area (Å²) in [6.07, 6.45) is -2.72. The van der Waals surface area contributed by atoms with Gasteiger partial charge in [-0.25, -0.2) is 21.9 Å². The minimum absolute atomic E-state index is 0.0335. The monoisotopic (exact) mass is 250 g/mol. The molecule has 7 heteroatoms. The van der Waals surface area contributed by atoms with Crippen molar-refractivity contribution in [2.45, 2.75) is 17.9 Å². The summed E-state index contributed by atoms with van der Waals surface area (Å²) < 4.78 is 48.9. The van der Waals surface area contributed by atoms with E-state index in [2.05, 4.69) is 0 Å². The first-order valence-corrected chi connectivity index (χ1v) is 6.01. The highest BCUT2D eigenvalue weighted by atomic mass is 32.2. The van der Waals surface area contributed by atoms with Crippen LogP contribution in [0.1, 0.15) is 5.56 Å². The van der Waals surface area contributed by atoms with Crippen molar-refractivity contribution in [3.05, 3.63) is 29.8 Å². The molecule has 0 spiro atoms. The summed E-state index contributed by atoms with van der Waals surface area (Å²) in [5.41, 5.74) is 5.76. The molecule has 4 nitrogen and oxygen atoms in total. The Bertz CT molecular complexity index is 449. The van der Waals surface area contributed by atoms with Gasteiger partial charge in [-0.2, -0.15) is 0 Å². The van der Waals surface area contributed by atoms with Gasteiger partial charge in [-0.3, -0.25) is 0 Å². The fraction of sp³-hybridized carbons (Fsp3) is 0.333. The van der Waals surface area contributed by atoms with Crippen molar-refractivity contribution in [1.29, 1.82) is 0 Å². The second kappa shape index (κ2) is 5.33. The van der Waals surface area contributed by atoms with Crippen LogP contribution in [0, 0.1) is 0 Å². The maximum absolute atomic E-state index is 11.9. The predicted octanol–water partition coefficient (Wildman–Crippen LogP) is 0.689. The van der Waals surface area contributed by atoms with Gasteiger partial charge in [-0.05, 0) is 11.6 Å². The van der Waals surface area contributed by atoms with Crippen LogP contribution in [-0.4, -0.2) is 21.4 Å². The number of nitrogens with one attached hydrogen (secondary N) is 1. The molecule has 0 unspecified atom stereocenters. The molecule has 0 saturated carbocycles. The Hall–Kier alpha value is -1.05. The van der Waals surface area contributed by atoms with E-state index < -0.39 is 23.0 Å². The summed E-state index contributed by atoms with van der Waals surface area (Å²) in [6.45, 7) is -0.868. The zero-order valence-corrected chi connectivity index (χ0v) is 9.18. The Labute approximate surface area is 92.5 Å². The molecule has 0 amide bonds. The average Bonchev–Trinajstić information content (AvgIpc) is 2.26. The summed E-state index contributed by atoms with van der Waals surface area (Å²) in [6, 6.07) is 6.01. The molecule has 0 heterocycles. The van der Waals surface area contributed by atoms with E-state index in [0.717, 1.165) is 0 Å². The molecule has 16 heavy (non-hydrogen) atoms. The SMILES string of the molecule is NCc1ccccc1S(=O)(=O)NCC(F)F. The highest BCUT2D eigenvalue weighted by Gasteiger charge is 2.18. The van der Waals surface area contributed by atoms with E-state index in [1.54, 1.807) is 6.07 Å². The smallest absolute Gasteiger partial charge is 0.251 e. The summed E-state index contributed by atoms with van der Waals surface area (Å²) in [4.78, 5) is -0.0573. The van der Waals surface area contributed by atoms with E-state index in [1.807, 2.05) is 4.72 Å². The van der Waals surface area contributed by atoms with Gasteiger partial charge in [0, 0.05) is 6.54 Å². The Balaban J connectivity index is 2.98.